The van der Waals surface area contributed by atoms with Crippen LogP contribution in [0.15, 0.2) is 105 Å². The highest BCUT2D eigenvalue weighted by molar-refractivity contribution is 7.12. The van der Waals surface area contributed by atoms with Gasteiger partial charge in [-0.25, -0.2) is 9.78 Å². The number of methoxy groups -OCH3 is 1. The second kappa shape index (κ2) is 9.70. The van der Waals surface area contributed by atoms with E-state index in [4.69, 9.17) is 4.74 Å². The van der Waals surface area contributed by atoms with Crippen LogP contribution in [0.4, 0.5) is 11.4 Å². The second-order valence-corrected chi connectivity index (χ2v) is 8.30. The van der Waals surface area contributed by atoms with Gasteiger partial charge >= 0.3 is 11.5 Å². The van der Waals surface area contributed by atoms with E-state index in [1.165, 1.54) is 23.1 Å². The van der Waals surface area contributed by atoms with E-state index >= 15 is 0 Å². The molecular weight excluding hydrogens is 462 g/mol. The normalized spacial score (nSPS) is 11.1. The lowest BCUT2D eigenvalue weighted by Crippen LogP contribution is -2.13. The van der Waals surface area contributed by atoms with Crippen molar-refractivity contribution in [2.75, 3.05) is 7.11 Å². The summed E-state index contributed by atoms with van der Waals surface area (Å²) in [5.41, 5.74) is 3.75. The summed E-state index contributed by atoms with van der Waals surface area (Å²) in [4.78, 5) is 29.7. The molecule has 0 fully saturated rings. The largest absolute Gasteiger partial charge is 0.465 e. The van der Waals surface area contributed by atoms with Crippen molar-refractivity contribution in [2.24, 2.45) is 10.2 Å². The summed E-state index contributed by atoms with van der Waals surface area (Å²) < 4.78 is 6.10. The maximum absolute atomic E-state index is 13.4. The van der Waals surface area contributed by atoms with Gasteiger partial charge in [-0.05, 0) is 24.3 Å². The third kappa shape index (κ3) is 4.57. The summed E-state index contributed by atoms with van der Waals surface area (Å²) in [6.45, 7) is 0. The summed E-state index contributed by atoms with van der Waals surface area (Å²) in [6, 6.07) is 25.7. The first-order valence-corrected chi connectivity index (χ1v) is 11.5. The monoisotopic (exact) mass is 481 g/mol. The van der Waals surface area contributed by atoms with Gasteiger partial charge in [0.05, 0.1) is 29.7 Å². The predicted octanol–water partition coefficient (Wildman–Crippen LogP) is 6.16. The number of azo groups is 1. The van der Waals surface area contributed by atoms with Crippen molar-refractivity contribution >= 4 is 28.7 Å². The molecule has 9 heteroatoms. The summed E-state index contributed by atoms with van der Waals surface area (Å²) in [5, 5.41) is 14.1. The summed E-state index contributed by atoms with van der Waals surface area (Å²) in [5.74, 6) is -0.438. The highest BCUT2D eigenvalue weighted by Gasteiger charge is 2.19. The summed E-state index contributed by atoms with van der Waals surface area (Å²) in [6.07, 6.45) is 0. The fraction of sp³-hybridized carbons (Fsp3) is 0.0385. The molecule has 2 aromatic heterocycles. The summed E-state index contributed by atoms with van der Waals surface area (Å²) >= 11 is 1.35. The Labute approximate surface area is 204 Å². The van der Waals surface area contributed by atoms with Gasteiger partial charge in [-0.1, -0.05) is 60.7 Å². The highest BCUT2D eigenvalue weighted by atomic mass is 32.1. The average molecular weight is 482 g/mol. The van der Waals surface area contributed by atoms with E-state index in [1.54, 1.807) is 24.3 Å². The van der Waals surface area contributed by atoms with E-state index in [2.05, 4.69) is 20.3 Å². The van der Waals surface area contributed by atoms with E-state index in [0.29, 0.717) is 22.1 Å². The number of esters is 1. The molecule has 0 aliphatic rings. The fourth-order valence-corrected chi connectivity index (χ4v) is 4.25. The number of ether oxygens (including phenoxy) is 1. The van der Waals surface area contributed by atoms with Gasteiger partial charge in [-0.3, -0.25) is 9.89 Å². The first-order valence-electron chi connectivity index (χ1n) is 10.7. The van der Waals surface area contributed by atoms with Crippen LogP contribution in [0.25, 0.3) is 27.6 Å². The number of nitrogens with one attached hydrogen (secondary N) is 1. The second-order valence-electron chi connectivity index (χ2n) is 7.46. The molecule has 5 aromatic rings. The molecule has 0 unspecified atom stereocenters. The lowest BCUT2D eigenvalue weighted by Gasteiger charge is -1.99. The van der Waals surface area contributed by atoms with Gasteiger partial charge in [0, 0.05) is 16.5 Å². The molecule has 0 saturated carbocycles. The Morgan fingerprint density at radius 3 is 2.23 bits per heavy atom. The number of aromatic nitrogens is 3. The minimum atomic E-state index is -0.438. The number of hydrogen-bond donors (Lipinski definition) is 1. The maximum atomic E-state index is 13.4. The molecule has 0 amide bonds. The van der Waals surface area contributed by atoms with Gasteiger partial charge in [-0.15, -0.1) is 16.5 Å². The Kier molecular flexibility index (Phi) is 6.15. The molecule has 35 heavy (non-hydrogen) atoms. The zero-order valence-electron chi connectivity index (χ0n) is 18.6. The van der Waals surface area contributed by atoms with Crippen molar-refractivity contribution < 1.29 is 9.53 Å². The standard InChI is InChI=1S/C26H19N5O3S/c1-34-25(33)19-12-14-20(15-13-19)28-29-23-22(18-10-6-3-7-11-18)30-31(24(23)32)26-27-21(16-35-26)17-8-4-2-5-9-17/h2-16,30H,1H3. The van der Waals surface area contributed by atoms with E-state index in [-0.39, 0.29) is 11.2 Å². The van der Waals surface area contributed by atoms with Gasteiger partial charge in [0.1, 0.15) is 0 Å². The van der Waals surface area contributed by atoms with Crippen LogP contribution in [-0.4, -0.2) is 27.8 Å². The molecule has 0 aliphatic carbocycles. The Hall–Kier alpha value is -4.63. The van der Waals surface area contributed by atoms with Crippen molar-refractivity contribution in [1.82, 2.24) is 14.8 Å². The number of thiazole rings is 1. The van der Waals surface area contributed by atoms with E-state index in [1.807, 2.05) is 66.0 Å². The number of benzene rings is 3. The Balaban J connectivity index is 1.55. The van der Waals surface area contributed by atoms with Crippen LogP contribution in [0.3, 0.4) is 0 Å². The molecule has 0 radical (unpaired) electrons. The number of carbonyl (C=O) groups is 1. The Bertz CT molecular complexity index is 1550. The molecule has 0 atom stereocenters. The SMILES string of the molecule is COC(=O)c1ccc(N=Nc2c(-c3ccccc3)[nH]n(-c3nc(-c4ccccc4)cs3)c2=O)cc1. The van der Waals surface area contributed by atoms with Crippen LogP contribution in [0.1, 0.15) is 10.4 Å². The quantitative estimate of drug-likeness (QED) is 0.232. The van der Waals surface area contributed by atoms with Crippen LogP contribution >= 0.6 is 11.3 Å². The van der Waals surface area contributed by atoms with Crippen LogP contribution in [0.5, 0.6) is 0 Å². The number of nitrogens with zero attached hydrogens (tertiary/aromatic N) is 4. The van der Waals surface area contributed by atoms with Crippen LogP contribution < -0.4 is 5.56 Å². The lowest BCUT2D eigenvalue weighted by molar-refractivity contribution is 0.0601. The molecular formula is C26H19N5O3S. The predicted molar refractivity (Wildman–Crippen MR) is 135 cm³/mol. The third-order valence-corrected chi connectivity index (χ3v) is 6.06. The molecule has 3 aromatic carbocycles. The molecule has 2 heterocycles. The first-order chi connectivity index (χ1) is 17.1. The Morgan fingerprint density at radius 1 is 0.914 bits per heavy atom. The van der Waals surface area contributed by atoms with Gasteiger partial charge in [0.2, 0.25) is 5.13 Å². The molecule has 0 bridgehead atoms. The van der Waals surface area contributed by atoms with E-state index in [0.717, 1.165) is 16.8 Å². The van der Waals surface area contributed by atoms with Crippen molar-refractivity contribution in [3.05, 3.63) is 106 Å². The number of H-pyrrole nitrogens is 1. The molecule has 0 saturated heterocycles. The van der Waals surface area contributed by atoms with Crippen LogP contribution in [0.2, 0.25) is 0 Å². The topological polar surface area (TPSA) is 102 Å². The molecule has 5 rings (SSSR count). The number of hydrogen-bond acceptors (Lipinski definition) is 7. The molecule has 172 valence electrons. The van der Waals surface area contributed by atoms with Crippen LogP contribution in [0, 0.1) is 0 Å². The smallest absolute Gasteiger partial charge is 0.337 e. The van der Waals surface area contributed by atoms with Crippen LogP contribution in [-0.2, 0) is 4.74 Å². The van der Waals surface area contributed by atoms with E-state index in [9.17, 15) is 9.59 Å². The lowest BCUT2D eigenvalue weighted by atomic mass is 10.1. The van der Waals surface area contributed by atoms with Crippen molar-refractivity contribution in [1.29, 1.82) is 0 Å². The van der Waals surface area contributed by atoms with E-state index < -0.39 is 5.97 Å². The fourth-order valence-electron chi connectivity index (χ4n) is 3.46. The number of carbonyl (C=O) groups excluding carboxylic acids is 1. The van der Waals surface area contributed by atoms with Gasteiger partial charge in [0.25, 0.3) is 0 Å². The molecule has 1 N–H and O–H groups in total. The highest BCUT2D eigenvalue weighted by Crippen LogP contribution is 2.30. The molecule has 0 aliphatic heterocycles. The molecule has 8 nitrogen and oxygen atoms in total. The number of aromatic amines is 1. The minimum Gasteiger partial charge on any atom is -0.465 e. The minimum absolute atomic E-state index is 0.157. The zero-order chi connectivity index (χ0) is 24.2. The number of rotatable bonds is 6. The molecule has 0 spiro atoms. The van der Waals surface area contributed by atoms with Crippen molar-refractivity contribution in [3.63, 3.8) is 0 Å². The maximum Gasteiger partial charge on any atom is 0.337 e. The zero-order valence-corrected chi connectivity index (χ0v) is 19.4. The Morgan fingerprint density at radius 2 is 1.57 bits per heavy atom. The van der Waals surface area contributed by atoms with Gasteiger partial charge in [0.15, 0.2) is 5.69 Å². The average Bonchev–Trinajstić information content (AvgIpc) is 3.53. The summed E-state index contributed by atoms with van der Waals surface area (Å²) in [7, 11) is 1.32. The third-order valence-electron chi connectivity index (χ3n) is 5.24. The van der Waals surface area contributed by atoms with Gasteiger partial charge < -0.3 is 4.74 Å². The van der Waals surface area contributed by atoms with Crippen molar-refractivity contribution in [3.8, 4) is 27.6 Å². The van der Waals surface area contributed by atoms with Crippen molar-refractivity contribution in [2.45, 2.75) is 0 Å². The van der Waals surface area contributed by atoms with Gasteiger partial charge in [-0.2, -0.15) is 9.80 Å². The first kappa shape index (κ1) is 22.2.